The molecule has 1 aromatic carbocycles. The van der Waals surface area contributed by atoms with Crippen LogP contribution in [0.5, 0.6) is 0 Å². The second-order valence-corrected chi connectivity index (χ2v) is 5.92. The molecule has 1 atom stereocenters. The van der Waals surface area contributed by atoms with Crippen LogP contribution in [0.25, 0.3) is 0 Å². The van der Waals surface area contributed by atoms with E-state index in [0.29, 0.717) is 12.8 Å². The van der Waals surface area contributed by atoms with E-state index in [-0.39, 0.29) is 31.1 Å². The number of carbonyl (C=O) groups excluding carboxylic acids is 3. The van der Waals surface area contributed by atoms with Gasteiger partial charge in [-0.25, -0.2) is 9.59 Å². The van der Waals surface area contributed by atoms with Gasteiger partial charge in [0.15, 0.2) is 5.78 Å². The monoisotopic (exact) mass is 349 g/mol. The number of hydrogen-bond acceptors (Lipinski definition) is 6. The van der Waals surface area contributed by atoms with Gasteiger partial charge in [-0.3, -0.25) is 10.0 Å². The van der Waals surface area contributed by atoms with Gasteiger partial charge in [-0.1, -0.05) is 36.8 Å². The van der Waals surface area contributed by atoms with Gasteiger partial charge in [0.1, 0.15) is 6.61 Å². The Morgan fingerprint density at radius 2 is 1.88 bits per heavy atom. The Hall–Kier alpha value is -2.41. The summed E-state index contributed by atoms with van der Waals surface area (Å²) < 4.78 is 10.0. The van der Waals surface area contributed by atoms with Gasteiger partial charge in [0.2, 0.25) is 5.54 Å². The molecule has 0 aromatic heterocycles. The zero-order valence-electron chi connectivity index (χ0n) is 14.3. The maximum Gasteiger partial charge on any atom is 0.435 e. The molecule has 1 fully saturated rings. The van der Waals surface area contributed by atoms with Crippen LogP contribution in [-0.4, -0.2) is 40.3 Å². The van der Waals surface area contributed by atoms with E-state index >= 15 is 0 Å². The van der Waals surface area contributed by atoms with Crippen molar-refractivity contribution in [2.24, 2.45) is 0 Å². The van der Waals surface area contributed by atoms with Gasteiger partial charge in [-0.15, -0.1) is 0 Å². The van der Waals surface area contributed by atoms with Crippen LogP contribution < -0.4 is 0 Å². The van der Waals surface area contributed by atoms with Crippen molar-refractivity contribution in [1.29, 1.82) is 0 Å². The van der Waals surface area contributed by atoms with Gasteiger partial charge in [-0.05, 0) is 31.7 Å². The van der Waals surface area contributed by atoms with E-state index in [2.05, 4.69) is 0 Å². The average molecular weight is 349 g/mol. The highest BCUT2D eigenvalue weighted by molar-refractivity contribution is 6.10. The molecule has 0 unspecified atom stereocenters. The Bertz CT molecular complexity index is 617. The number of ether oxygens (including phenoxy) is 2. The van der Waals surface area contributed by atoms with Gasteiger partial charge in [-0.2, -0.15) is 5.06 Å². The standard InChI is InChI=1S/C18H23NO6/c1-2-24-16(21)18(12-8-4-7-11-15(18)20)19(23)17(22)25-13-14-9-5-3-6-10-14/h3,5-6,9-10,23H,2,4,7-8,11-13H2,1H3/t18-/m1/s1. The molecule has 0 aliphatic heterocycles. The third kappa shape index (κ3) is 4.17. The Kier molecular flexibility index (Phi) is 6.52. The second kappa shape index (κ2) is 8.62. The number of hydroxylamine groups is 2. The van der Waals surface area contributed by atoms with Crippen molar-refractivity contribution in [1.82, 2.24) is 5.06 Å². The van der Waals surface area contributed by atoms with E-state index < -0.39 is 23.4 Å². The first kappa shape index (κ1) is 18.9. The van der Waals surface area contributed by atoms with Gasteiger partial charge < -0.3 is 9.47 Å². The highest BCUT2D eigenvalue weighted by atomic mass is 16.6. The summed E-state index contributed by atoms with van der Waals surface area (Å²) in [5, 5.41) is 10.5. The Balaban J connectivity index is 2.18. The van der Waals surface area contributed by atoms with Crippen LogP contribution in [0.2, 0.25) is 0 Å². The van der Waals surface area contributed by atoms with Crippen molar-refractivity contribution in [2.45, 2.75) is 51.2 Å². The molecule has 1 N–H and O–H groups in total. The van der Waals surface area contributed by atoms with Crippen molar-refractivity contribution in [2.75, 3.05) is 6.61 Å². The lowest BCUT2D eigenvalue weighted by Gasteiger charge is -2.34. The normalized spacial score (nSPS) is 20.5. The first-order valence-corrected chi connectivity index (χ1v) is 8.42. The minimum absolute atomic E-state index is 0.0155. The molecule has 1 aliphatic carbocycles. The van der Waals surface area contributed by atoms with E-state index in [4.69, 9.17) is 9.47 Å². The van der Waals surface area contributed by atoms with Gasteiger partial charge >= 0.3 is 12.1 Å². The van der Waals surface area contributed by atoms with Gasteiger partial charge in [0.25, 0.3) is 0 Å². The number of amides is 1. The highest BCUT2D eigenvalue weighted by Crippen LogP contribution is 2.31. The second-order valence-electron chi connectivity index (χ2n) is 5.92. The van der Waals surface area contributed by atoms with Crippen molar-refractivity contribution in [3.05, 3.63) is 35.9 Å². The first-order chi connectivity index (χ1) is 12.0. The number of ketones is 1. The summed E-state index contributed by atoms with van der Waals surface area (Å²) in [6, 6.07) is 8.91. The fraction of sp³-hybridized carbons (Fsp3) is 0.500. The lowest BCUT2D eigenvalue weighted by molar-refractivity contribution is -0.192. The van der Waals surface area contributed by atoms with Crippen LogP contribution in [0.4, 0.5) is 4.79 Å². The number of benzene rings is 1. The molecule has 25 heavy (non-hydrogen) atoms. The molecule has 1 aliphatic rings. The number of Topliss-reactive ketones (excluding diaryl/α,β-unsaturated/α-hetero) is 1. The summed E-state index contributed by atoms with van der Waals surface area (Å²) in [6.45, 7) is 1.56. The van der Waals surface area contributed by atoms with Crippen LogP contribution >= 0.6 is 0 Å². The SMILES string of the molecule is CCOC(=O)[C@@]1(N(O)C(=O)OCc2ccccc2)CCCCCC1=O. The quantitative estimate of drug-likeness (QED) is 0.289. The largest absolute Gasteiger partial charge is 0.464 e. The Morgan fingerprint density at radius 1 is 1.16 bits per heavy atom. The van der Waals surface area contributed by atoms with E-state index in [1.54, 1.807) is 31.2 Å². The molecule has 2 rings (SSSR count). The average Bonchev–Trinajstić information content (AvgIpc) is 2.82. The summed E-state index contributed by atoms with van der Waals surface area (Å²) in [4.78, 5) is 37.3. The van der Waals surface area contributed by atoms with Crippen LogP contribution in [0.1, 0.15) is 44.6 Å². The predicted molar refractivity (Wildman–Crippen MR) is 87.7 cm³/mol. The summed E-state index contributed by atoms with van der Waals surface area (Å²) in [5.74, 6) is -1.44. The third-order valence-electron chi connectivity index (χ3n) is 4.26. The summed E-state index contributed by atoms with van der Waals surface area (Å²) in [7, 11) is 0. The van der Waals surface area contributed by atoms with Gasteiger partial charge in [0, 0.05) is 6.42 Å². The molecule has 0 spiro atoms. The molecule has 0 heterocycles. The molecule has 0 bridgehead atoms. The van der Waals surface area contributed by atoms with Crippen molar-refractivity contribution in [3.63, 3.8) is 0 Å². The third-order valence-corrected chi connectivity index (χ3v) is 4.26. The minimum Gasteiger partial charge on any atom is -0.464 e. The lowest BCUT2D eigenvalue weighted by Crippen LogP contribution is -2.61. The maximum absolute atomic E-state index is 12.6. The Labute approximate surface area is 146 Å². The van der Waals surface area contributed by atoms with E-state index in [9.17, 15) is 19.6 Å². The number of esters is 1. The van der Waals surface area contributed by atoms with E-state index in [0.717, 1.165) is 12.0 Å². The molecule has 1 amide bonds. The summed E-state index contributed by atoms with van der Waals surface area (Å²) in [5.41, 5.74) is -1.30. The Morgan fingerprint density at radius 3 is 2.56 bits per heavy atom. The molecule has 0 radical (unpaired) electrons. The number of nitrogens with zero attached hydrogens (tertiary/aromatic N) is 1. The molecule has 7 nitrogen and oxygen atoms in total. The van der Waals surface area contributed by atoms with Crippen molar-refractivity contribution < 1.29 is 29.1 Å². The van der Waals surface area contributed by atoms with Crippen LogP contribution in [0.3, 0.4) is 0 Å². The number of hydrogen-bond donors (Lipinski definition) is 1. The predicted octanol–water partition coefficient (Wildman–Crippen LogP) is 2.85. The lowest BCUT2D eigenvalue weighted by atomic mass is 9.88. The zero-order chi connectivity index (χ0) is 18.3. The molecular weight excluding hydrogens is 326 g/mol. The minimum atomic E-state index is -2.03. The topological polar surface area (TPSA) is 93.1 Å². The number of carbonyl (C=O) groups is 3. The van der Waals surface area contributed by atoms with Crippen LogP contribution in [0.15, 0.2) is 30.3 Å². The van der Waals surface area contributed by atoms with E-state index in [1.165, 1.54) is 0 Å². The molecule has 0 saturated heterocycles. The highest BCUT2D eigenvalue weighted by Gasteiger charge is 2.54. The fourth-order valence-electron chi connectivity index (χ4n) is 2.90. The van der Waals surface area contributed by atoms with Crippen LogP contribution in [0, 0.1) is 0 Å². The van der Waals surface area contributed by atoms with Crippen molar-refractivity contribution in [3.8, 4) is 0 Å². The molecule has 136 valence electrons. The molecule has 1 aromatic rings. The van der Waals surface area contributed by atoms with Gasteiger partial charge in [0.05, 0.1) is 6.61 Å². The first-order valence-electron chi connectivity index (χ1n) is 8.42. The zero-order valence-corrected chi connectivity index (χ0v) is 14.3. The smallest absolute Gasteiger partial charge is 0.435 e. The van der Waals surface area contributed by atoms with E-state index in [1.807, 2.05) is 6.07 Å². The summed E-state index contributed by atoms with van der Waals surface area (Å²) in [6.07, 6.45) is 0.830. The fourth-order valence-corrected chi connectivity index (χ4v) is 2.90. The maximum atomic E-state index is 12.6. The molecule has 7 heteroatoms. The molecule has 1 saturated carbocycles. The number of rotatable bonds is 5. The van der Waals surface area contributed by atoms with Crippen LogP contribution in [-0.2, 0) is 25.7 Å². The molecular formula is C18H23NO6. The summed E-state index contributed by atoms with van der Waals surface area (Å²) >= 11 is 0. The van der Waals surface area contributed by atoms with Crippen molar-refractivity contribution >= 4 is 17.8 Å².